The molecule has 0 unspecified atom stereocenters. The number of hydrogen-bond donors (Lipinski definition) is 1. The second-order valence-corrected chi connectivity index (χ2v) is 4.53. The second-order valence-electron chi connectivity index (χ2n) is 2.53. The molecule has 13 heavy (non-hydrogen) atoms. The van der Waals surface area contributed by atoms with Crippen LogP contribution in [0.4, 0.5) is 0 Å². The van der Waals surface area contributed by atoms with Crippen molar-refractivity contribution in [1.82, 2.24) is 14.7 Å². The van der Waals surface area contributed by atoms with Gasteiger partial charge in [0.05, 0.1) is 0 Å². The number of rotatable bonds is 6. The van der Waals surface area contributed by atoms with Crippen LogP contribution >= 0.6 is 23.3 Å². The molecular formula is C8H13N3S2. The van der Waals surface area contributed by atoms with Crippen LogP contribution in [-0.4, -0.2) is 28.2 Å². The third kappa shape index (κ3) is 4.40. The van der Waals surface area contributed by atoms with Crippen molar-refractivity contribution < 1.29 is 0 Å². The lowest BCUT2D eigenvalue weighted by atomic mass is 10.3. The number of nitrogens with one attached hydrogen (secondary N) is 1. The van der Waals surface area contributed by atoms with E-state index in [9.17, 15) is 0 Å². The van der Waals surface area contributed by atoms with Crippen molar-refractivity contribution >= 4 is 23.3 Å². The maximum Gasteiger partial charge on any atom is 0.170 e. The lowest BCUT2D eigenvalue weighted by Crippen LogP contribution is -2.16. The molecule has 0 saturated carbocycles. The Morgan fingerprint density at radius 2 is 2.62 bits per heavy atom. The molecule has 0 saturated heterocycles. The Hall–Kier alpha value is -0.390. The molecule has 0 aliphatic heterocycles. The zero-order valence-corrected chi connectivity index (χ0v) is 9.25. The standard InChI is InChI=1S/C8H13N3S2/c1-3-9-4-7(2)5-12-8-10-6-11-13-8/h6,9H,2-5H2,1H3. The molecule has 1 aromatic rings. The van der Waals surface area contributed by atoms with Crippen molar-refractivity contribution in [2.75, 3.05) is 18.8 Å². The molecule has 0 bridgehead atoms. The quantitative estimate of drug-likeness (QED) is 0.580. The summed E-state index contributed by atoms with van der Waals surface area (Å²) in [5, 5.41) is 3.23. The minimum absolute atomic E-state index is 0.891. The van der Waals surface area contributed by atoms with Crippen LogP contribution < -0.4 is 5.32 Å². The predicted molar refractivity (Wildman–Crippen MR) is 58.3 cm³/mol. The molecule has 5 heteroatoms. The van der Waals surface area contributed by atoms with E-state index < -0.39 is 0 Å². The predicted octanol–water partition coefficient (Wildman–Crippen LogP) is 1.80. The Morgan fingerprint density at radius 3 is 3.23 bits per heavy atom. The van der Waals surface area contributed by atoms with Gasteiger partial charge in [-0.3, -0.25) is 0 Å². The van der Waals surface area contributed by atoms with Gasteiger partial charge in [-0.25, -0.2) is 4.98 Å². The van der Waals surface area contributed by atoms with Crippen LogP contribution in [0.2, 0.25) is 0 Å². The molecule has 0 aromatic carbocycles. The summed E-state index contributed by atoms with van der Waals surface area (Å²) in [6, 6.07) is 0. The first kappa shape index (κ1) is 10.7. The molecule has 0 aliphatic rings. The van der Waals surface area contributed by atoms with Crippen LogP contribution in [0.25, 0.3) is 0 Å². The Kier molecular flexibility index (Phi) is 5.03. The van der Waals surface area contributed by atoms with E-state index in [1.54, 1.807) is 18.1 Å². The average molecular weight is 215 g/mol. The maximum atomic E-state index is 4.08. The lowest BCUT2D eigenvalue weighted by Gasteiger charge is -2.03. The third-order valence-corrected chi connectivity index (χ3v) is 3.31. The van der Waals surface area contributed by atoms with Crippen molar-refractivity contribution in [3.8, 4) is 0 Å². The Labute approximate surface area is 86.8 Å². The summed E-state index contributed by atoms with van der Waals surface area (Å²) in [4.78, 5) is 4.08. The fraction of sp³-hybridized carbons (Fsp3) is 0.500. The van der Waals surface area contributed by atoms with Gasteiger partial charge in [0, 0.05) is 12.3 Å². The van der Waals surface area contributed by atoms with Gasteiger partial charge in [-0.2, -0.15) is 4.37 Å². The number of aromatic nitrogens is 2. The molecule has 0 fully saturated rings. The minimum atomic E-state index is 0.891. The highest BCUT2D eigenvalue weighted by molar-refractivity contribution is 8.01. The Morgan fingerprint density at radius 1 is 1.77 bits per heavy atom. The normalized spacial score (nSPS) is 10.2. The van der Waals surface area contributed by atoms with E-state index in [4.69, 9.17) is 0 Å². The van der Waals surface area contributed by atoms with E-state index >= 15 is 0 Å². The number of thioether (sulfide) groups is 1. The van der Waals surface area contributed by atoms with Crippen molar-refractivity contribution in [2.24, 2.45) is 0 Å². The minimum Gasteiger partial charge on any atom is -0.313 e. The largest absolute Gasteiger partial charge is 0.313 e. The summed E-state index contributed by atoms with van der Waals surface area (Å²) in [6.07, 6.45) is 1.58. The highest BCUT2D eigenvalue weighted by Crippen LogP contribution is 2.19. The average Bonchev–Trinajstić information content (AvgIpc) is 2.64. The van der Waals surface area contributed by atoms with Crippen LogP contribution in [-0.2, 0) is 0 Å². The summed E-state index contributed by atoms with van der Waals surface area (Å²) >= 11 is 3.12. The van der Waals surface area contributed by atoms with Crippen molar-refractivity contribution in [1.29, 1.82) is 0 Å². The van der Waals surface area contributed by atoms with Gasteiger partial charge in [0.2, 0.25) is 0 Å². The zero-order chi connectivity index (χ0) is 9.52. The van der Waals surface area contributed by atoms with E-state index in [1.165, 1.54) is 17.1 Å². The van der Waals surface area contributed by atoms with Gasteiger partial charge in [-0.05, 0) is 18.1 Å². The first-order valence-corrected chi connectivity index (χ1v) is 5.85. The van der Waals surface area contributed by atoms with E-state index in [0.29, 0.717) is 0 Å². The van der Waals surface area contributed by atoms with E-state index in [1.807, 2.05) is 0 Å². The molecule has 1 rings (SSSR count). The van der Waals surface area contributed by atoms with Gasteiger partial charge in [-0.15, -0.1) is 0 Å². The smallest absolute Gasteiger partial charge is 0.170 e. The number of hydrogen-bond acceptors (Lipinski definition) is 5. The van der Waals surface area contributed by atoms with Crippen LogP contribution in [0.15, 0.2) is 22.8 Å². The summed E-state index contributed by atoms with van der Waals surface area (Å²) < 4.78 is 4.94. The molecule has 0 spiro atoms. The van der Waals surface area contributed by atoms with Gasteiger partial charge in [-0.1, -0.05) is 30.8 Å². The summed E-state index contributed by atoms with van der Waals surface area (Å²) in [5.74, 6) is 0.919. The van der Waals surface area contributed by atoms with Crippen molar-refractivity contribution in [3.05, 3.63) is 18.5 Å². The Bertz CT molecular complexity index is 246. The SMILES string of the molecule is C=C(CNCC)CSc1ncns1. The fourth-order valence-corrected chi connectivity index (χ4v) is 2.09. The van der Waals surface area contributed by atoms with E-state index in [0.717, 1.165) is 23.2 Å². The molecule has 1 N–H and O–H groups in total. The highest BCUT2D eigenvalue weighted by atomic mass is 32.2. The first-order chi connectivity index (χ1) is 6.33. The molecule has 0 atom stereocenters. The van der Waals surface area contributed by atoms with Crippen LogP contribution in [0.3, 0.4) is 0 Å². The molecule has 0 radical (unpaired) electrons. The molecule has 1 aromatic heterocycles. The number of likely N-dealkylation sites (N-methyl/N-ethyl adjacent to an activating group) is 1. The van der Waals surface area contributed by atoms with Crippen molar-refractivity contribution in [2.45, 2.75) is 11.3 Å². The molecule has 3 nitrogen and oxygen atoms in total. The monoisotopic (exact) mass is 215 g/mol. The van der Waals surface area contributed by atoms with Gasteiger partial charge in [0.15, 0.2) is 4.34 Å². The van der Waals surface area contributed by atoms with Crippen LogP contribution in [0.1, 0.15) is 6.92 Å². The first-order valence-electron chi connectivity index (χ1n) is 4.09. The van der Waals surface area contributed by atoms with Crippen LogP contribution in [0.5, 0.6) is 0 Å². The lowest BCUT2D eigenvalue weighted by molar-refractivity contribution is 0.779. The zero-order valence-electron chi connectivity index (χ0n) is 7.62. The topological polar surface area (TPSA) is 37.8 Å². The van der Waals surface area contributed by atoms with E-state index in [2.05, 4.69) is 28.2 Å². The number of nitrogens with zero attached hydrogens (tertiary/aromatic N) is 2. The highest BCUT2D eigenvalue weighted by Gasteiger charge is 1.99. The molecule has 72 valence electrons. The summed E-state index contributed by atoms with van der Waals surface area (Å²) in [6.45, 7) is 7.93. The molecule has 0 amide bonds. The van der Waals surface area contributed by atoms with Gasteiger partial charge in [0.25, 0.3) is 0 Å². The summed E-state index contributed by atoms with van der Waals surface area (Å²) in [7, 11) is 0. The van der Waals surface area contributed by atoms with E-state index in [-0.39, 0.29) is 0 Å². The van der Waals surface area contributed by atoms with Crippen LogP contribution in [0, 0.1) is 0 Å². The molecule has 1 heterocycles. The summed E-state index contributed by atoms with van der Waals surface area (Å²) in [5.41, 5.74) is 1.20. The Balaban J connectivity index is 2.15. The third-order valence-electron chi connectivity index (χ3n) is 1.37. The maximum absolute atomic E-state index is 4.08. The second kappa shape index (κ2) is 6.12. The molecule has 0 aliphatic carbocycles. The van der Waals surface area contributed by atoms with Crippen molar-refractivity contribution in [3.63, 3.8) is 0 Å². The van der Waals surface area contributed by atoms with Gasteiger partial charge < -0.3 is 5.32 Å². The molecular weight excluding hydrogens is 202 g/mol. The van der Waals surface area contributed by atoms with Gasteiger partial charge >= 0.3 is 0 Å². The van der Waals surface area contributed by atoms with Gasteiger partial charge in [0.1, 0.15) is 6.33 Å². The fourth-order valence-electron chi connectivity index (χ4n) is 0.743.